The van der Waals surface area contributed by atoms with Crippen molar-refractivity contribution < 1.29 is 4.74 Å². The fraction of sp³-hybridized carbons (Fsp3) is 0.200. The molecule has 0 aliphatic carbocycles. The van der Waals surface area contributed by atoms with Crippen LogP contribution in [0.25, 0.3) is 0 Å². The summed E-state index contributed by atoms with van der Waals surface area (Å²) in [6.07, 6.45) is 0. The molecule has 0 saturated carbocycles. The van der Waals surface area contributed by atoms with E-state index in [0.717, 1.165) is 5.75 Å². The molecule has 2 aromatic rings. The number of aromatic amines is 1. The van der Waals surface area contributed by atoms with Gasteiger partial charge in [0.2, 0.25) is 5.95 Å². The second-order valence-electron chi connectivity index (χ2n) is 3.17. The number of halogens is 4. The van der Waals surface area contributed by atoms with Crippen molar-refractivity contribution in [2.24, 2.45) is 0 Å². The van der Waals surface area contributed by atoms with Gasteiger partial charge >= 0.3 is 0 Å². The number of para-hydroxylation sites is 1. The molecule has 1 aromatic heterocycles. The highest BCUT2D eigenvalue weighted by Gasteiger charge is 2.11. The summed E-state index contributed by atoms with van der Waals surface area (Å²) in [6, 6.07) is 9.49. The third-order valence-electron chi connectivity index (χ3n) is 1.67. The Balaban J connectivity index is 0.000000312. The number of nitrogens with zero attached hydrogens (tertiary/aromatic N) is 2. The van der Waals surface area contributed by atoms with Crippen molar-refractivity contribution >= 4 is 52.4 Å². The van der Waals surface area contributed by atoms with Crippen LogP contribution in [0.1, 0.15) is 5.82 Å². The second-order valence-corrected chi connectivity index (χ2v) is 6.60. The van der Waals surface area contributed by atoms with E-state index < -0.39 is 3.25 Å². The van der Waals surface area contributed by atoms with Crippen LogP contribution in [0, 0.1) is 0 Å². The van der Waals surface area contributed by atoms with Crippen molar-refractivity contribution in [1.82, 2.24) is 15.2 Å². The van der Waals surface area contributed by atoms with Crippen LogP contribution in [0.2, 0.25) is 0 Å². The van der Waals surface area contributed by atoms with Crippen LogP contribution in [0.4, 0.5) is 5.95 Å². The minimum atomic E-state index is -1.61. The molecule has 2 rings (SSSR count). The molecular weight excluding hydrogens is 334 g/mol. The van der Waals surface area contributed by atoms with Gasteiger partial charge < -0.3 is 10.5 Å². The maximum atomic E-state index is 5.42. The van der Waals surface area contributed by atoms with E-state index in [2.05, 4.69) is 15.2 Å². The number of anilines is 1. The normalized spacial score (nSPS) is 10.5. The van der Waals surface area contributed by atoms with Gasteiger partial charge in [0.1, 0.15) is 12.4 Å². The van der Waals surface area contributed by atoms with Crippen LogP contribution in [-0.4, -0.2) is 18.4 Å². The van der Waals surface area contributed by atoms with E-state index in [1.165, 1.54) is 0 Å². The van der Waals surface area contributed by atoms with E-state index in [0.29, 0.717) is 12.4 Å². The Morgan fingerprint density at radius 2 is 1.74 bits per heavy atom. The van der Waals surface area contributed by atoms with Gasteiger partial charge in [0.05, 0.1) is 0 Å². The zero-order valence-corrected chi connectivity index (χ0v) is 12.5. The average molecular weight is 344 g/mol. The number of nitrogens with one attached hydrogen (secondary N) is 1. The fourth-order valence-electron chi connectivity index (χ4n) is 1.04. The number of ether oxygens (including phenoxy) is 1. The minimum absolute atomic E-state index is 0.233. The van der Waals surface area contributed by atoms with Gasteiger partial charge in [-0.2, -0.15) is 4.98 Å². The molecule has 0 amide bonds. The van der Waals surface area contributed by atoms with Gasteiger partial charge in [0.15, 0.2) is 5.82 Å². The van der Waals surface area contributed by atoms with Crippen molar-refractivity contribution in [3.8, 4) is 5.75 Å². The molecule has 0 bridgehead atoms. The van der Waals surface area contributed by atoms with Gasteiger partial charge in [-0.15, -0.1) is 5.10 Å². The summed E-state index contributed by atoms with van der Waals surface area (Å²) in [4.78, 5) is 3.91. The first-order chi connectivity index (χ1) is 8.84. The molecule has 104 valence electrons. The Labute approximate surface area is 130 Å². The van der Waals surface area contributed by atoms with Crippen LogP contribution in [0.15, 0.2) is 30.3 Å². The van der Waals surface area contributed by atoms with Gasteiger partial charge in [-0.3, -0.25) is 5.10 Å². The molecule has 19 heavy (non-hydrogen) atoms. The molecule has 0 unspecified atom stereocenters. The molecule has 0 aliphatic rings. The predicted octanol–water partition coefficient (Wildman–Crippen LogP) is 3.52. The molecule has 1 aromatic carbocycles. The number of aromatic nitrogens is 3. The van der Waals surface area contributed by atoms with Crippen molar-refractivity contribution in [3.63, 3.8) is 0 Å². The Hall–Kier alpha value is -0.880. The molecule has 0 radical (unpaired) electrons. The third kappa shape index (κ3) is 8.77. The van der Waals surface area contributed by atoms with Crippen molar-refractivity contribution in [2.75, 3.05) is 5.73 Å². The molecule has 0 saturated heterocycles. The first kappa shape index (κ1) is 16.2. The highest BCUT2D eigenvalue weighted by atomic mass is 35.6. The van der Waals surface area contributed by atoms with Gasteiger partial charge in [0.25, 0.3) is 3.25 Å². The summed E-state index contributed by atoms with van der Waals surface area (Å²) < 4.78 is 3.80. The van der Waals surface area contributed by atoms with Gasteiger partial charge in [-0.1, -0.05) is 64.6 Å². The molecule has 0 aliphatic heterocycles. The first-order valence-corrected chi connectivity index (χ1v) is 6.46. The molecule has 1 heterocycles. The summed E-state index contributed by atoms with van der Waals surface area (Å²) in [5, 5.41) is 6.36. The number of hydrogen-bond acceptors (Lipinski definition) is 4. The number of benzene rings is 1. The Bertz CT molecular complexity index is 480. The van der Waals surface area contributed by atoms with E-state index in [9.17, 15) is 0 Å². The molecule has 9 heteroatoms. The minimum Gasteiger partial charge on any atom is -0.486 e. The van der Waals surface area contributed by atoms with E-state index in [-0.39, 0.29) is 5.95 Å². The number of alkyl halides is 4. The Morgan fingerprint density at radius 3 is 2.21 bits per heavy atom. The summed E-state index contributed by atoms with van der Waals surface area (Å²) in [5.74, 6) is 1.64. The lowest BCUT2D eigenvalue weighted by Crippen LogP contribution is -1.97. The number of rotatable bonds is 3. The monoisotopic (exact) mass is 342 g/mol. The van der Waals surface area contributed by atoms with Crippen molar-refractivity contribution in [1.29, 1.82) is 0 Å². The topological polar surface area (TPSA) is 76.8 Å². The lowest BCUT2D eigenvalue weighted by atomic mass is 10.3. The Morgan fingerprint density at radius 1 is 1.16 bits per heavy atom. The zero-order valence-electron chi connectivity index (χ0n) is 9.49. The standard InChI is InChI=1S/C9H10N4O.CCl4/c10-9-11-8(12-13-9)6-14-7-4-2-1-3-5-7;2-1(3,4)5/h1-5H,6H2,(H3,10,11,12,13);. The summed E-state index contributed by atoms with van der Waals surface area (Å²) in [7, 11) is 0. The van der Waals surface area contributed by atoms with E-state index in [4.69, 9.17) is 56.9 Å². The summed E-state index contributed by atoms with van der Waals surface area (Å²) in [5.41, 5.74) is 5.34. The quantitative estimate of drug-likeness (QED) is 0.836. The maximum absolute atomic E-state index is 5.42. The maximum Gasteiger partial charge on any atom is 0.266 e. The van der Waals surface area contributed by atoms with E-state index >= 15 is 0 Å². The number of nitrogen functional groups attached to an aromatic ring is 1. The SMILES string of the molecule is ClC(Cl)(Cl)Cl.Nc1n[nH]c(COc2ccccc2)n1. The van der Waals surface area contributed by atoms with Crippen LogP contribution in [0.3, 0.4) is 0 Å². The molecular formula is C10H10Cl4N4O. The highest BCUT2D eigenvalue weighted by Crippen LogP contribution is 2.29. The Kier molecular flexibility index (Phi) is 6.51. The number of H-pyrrole nitrogens is 1. The average Bonchev–Trinajstić information content (AvgIpc) is 2.72. The summed E-state index contributed by atoms with van der Waals surface area (Å²) in [6.45, 7) is 0.341. The highest BCUT2D eigenvalue weighted by molar-refractivity contribution is 6.83. The van der Waals surface area contributed by atoms with Crippen LogP contribution in [-0.2, 0) is 6.61 Å². The first-order valence-electron chi connectivity index (χ1n) is 4.95. The van der Waals surface area contributed by atoms with Crippen LogP contribution in [0.5, 0.6) is 5.75 Å². The second kappa shape index (κ2) is 7.65. The number of nitrogens with two attached hydrogens (primary N) is 1. The van der Waals surface area contributed by atoms with E-state index in [1.54, 1.807) is 0 Å². The van der Waals surface area contributed by atoms with Crippen molar-refractivity contribution in [3.05, 3.63) is 36.2 Å². The predicted molar refractivity (Wildman–Crippen MR) is 77.7 cm³/mol. The number of hydrogen-bond donors (Lipinski definition) is 2. The van der Waals surface area contributed by atoms with Gasteiger partial charge in [-0.25, -0.2) is 0 Å². The fourth-order valence-corrected chi connectivity index (χ4v) is 1.04. The summed E-state index contributed by atoms with van der Waals surface area (Å²) >= 11 is 19.3. The van der Waals surface area contributed by atoms with Crippen molar-refractivity contribution in [2.45, 2.75) is 9.86 Å². The zero-order chi connectivity index (χ0) is 14.3. The lowest BCUT2D eigenvalue weighted by Gasteiger charge is -2.01. The lowest BCUT2D eigenvalue weighted by molar-refractivity contribution is 0.296. The smallest absolute Gasteiger partial charge is 0.266 e. The largest absolute Gasteiger partial charge is 0.486 e. The van der Waals surface area contributed by atoms with Crippen LogP contribution < -0.4 is 10.5 Å². The molecule has 5 nitrogen and oxygen atoms in total. The van der Waals surface area contributed by atoms with Gasteiger partial charge in [0, 0.05) is 0 Å². The molecule has 0 spiro atoms. The molecule has 0 fully saturated rings. The van der Waals surface area contributed by atoms with Gasteiger partial charge in [-0.05, 0) is 12.1 Å². The molecule has 3 N–H and O–H groups in total. The third-order valence-corrected chi connectivity index (χ3v) is 1.67. The van der Waals surface area contributed by atoms with Crippen LogP contribution >= 0.6 is 46.4 Å². The van der Waals surface area contributed by atoms with E-state index in [1.807, 2.05) is 30.3 Å². The molecule has 0 atom stereocenters.